The molecule has 4 aromatic rings. The van der Waals surface area contributed by atoms with Crippen molar-refractivity contribution in [3.8, 4) is 28.7 Å². The quantitative estimate of drug-likeness (QED) is 0.310. The van der Waals surface area contributed by atoms with Gasteiger partial charge >= 0.3 is 6.03 Å². The summed E-state index contributed by atoms with van der Waals surface area (Å²) in [6.45, 7) is 7.50. The molecule has 1 N–H and O–H groups in total. The van der Waals surface area contributed by atoms with Crippen LogP contribution in [0.2, 0.25) is 5.02 Å². The van der Waals surface area contributed by atoms with Crippen LogP contribution in [-0.4, -0.2) is 73.7 Å². The van der Waals surface area contributed by atoms with Crippen LogP contribution < -0.4 is 9.47 Å². The smallest absolute Gasteiger partial charge is 0.330 e. The van der Waals surface area contributed by atoms with Gasteiger partial charge in [-0.3, -0.25) is 4.90 Å². The molecule has 43 heavy (non-hydrogen) atoms. The van der Waals surface area contributed by atoms with Crippen molar-refractivity contribution in [3.63, 3.8) is 0 Å². The minimum Gasteiger partial charge on any atom is -0.493 e. The van der Waals surface area contributed by atoms with Crippen LogP contribution in [0.3, 0.4) is 0 Å². The van der Waals surface area contributed by atoms with Crippen LogP contribution >= 0.6 is 11.6 Å². The fourth-order valence-corrected chi connectivity index (χ4v) is 7.76. The number of piperidine rings is 1. The molecule has 5 heterocycles. The van der Waals surface area contributed by atoms with Gasteiger partial charge in [0.05, 0.1) is 29.0 Å². The highest BCUT2D eigenvalue weighted by atomic mass is 35.5. The summed E-state index contributed by atoms with van der Waals surface area (Å²) in [5, 5.41) is 9.92. The third-order valence-corrected chi connectivity index (χ3v) is 9.54. The molecule has 0 aliphatic carbocycles. The van der Waals surface area contributed by atoms with Crippen molar-refractivity contribution in [2.75, 3.05) is 26.3 Å². The number of rotatable bonds is 5. The molecule has 222 valence electrons. The fraction of sp³-hybridized carbons (Fsp3) is 0.438. The molecule has 2 bridgehead atoms. The number of halogens is 1. The van der Waals surface area contributed by atoms with Crippen molar-refractivity contribution in [2.24, 2.45) is 5.92 Å². The largest absolute Gasteiger partial charge is 0.493 e. The van der Waals surface area contributed by atoms with Gasteiger partial charge in [-0.2, -0.15) is 5.26 Å². The maximum Gasteiger partial charge on any atom is 0.330 e. The lowest BCUT2D eigenvalue weighted by Gasteiger charge is -2.40. The molecule has 2 unspecified atom stereocenters. The number of aryl methyl sites for hydroxylation is 1. The lowest BCUT2D eigenvalue weighted by atomic mass is 9.90. The second kappa shape index (κ2) is 11.2. The third kappa shape index (κ3) is 4.81. The van der Waals surface area contributed by atoms with Gasteiger partial charge in [-0.1, -0.05) is 17.7 Å². The summed E-state index contributed by atoms with van der Waals surface area (Å²) in [7, 11) is 0. The summed E-state index contributed by atoms with van der Waals surface area (Å²) >= 11 is 7.18. The van der Waals surface area contributed by atoms with Gasteiger partial charge in [-0.05, 0) is 63.1 Å². The number of hydrogen-bond donors (Lipinski definition) is 1. The number of aromatic nitrogens is 4. The van der Waals surface area contributed by atoms with E-state index in [4.69, 9.17) is 21.1 Å². The Kier molecular flexibility index (Phi) is 7.23. The van der Waals surface area contributed by atoms with E-state index < -0.39 is 0 Å². The van der Waals surface area contributed by atoms with Gasteiger partial charge in [0.15, 0.2) is 0 Å². The lowest BCUT2D eigenvalue weighted by Crippen LogP contribution is -2.50. The van der Waals surface area contributed by atoms with Gasteiger partial charge in [-0.15, -0.1) is 0 Å². The van der Waals surface area contributed by atoms with Crippen LogP contribution in [0.4, 0.5) is 4.79 Å². The van der Waals surface area contributed by atoms with Crippen LogP contribution in [0.25, 0.3) is 22.2 Å². The van der Waals surface area contributed by atoms with Gasteiger partial charge in [0.1, 0.15) is 24.2 Å². The normalized spacial score (nSPS) is 21.7. The summed E-state index contributed by atoms with van der Waals surface area (Å²) in [6, 6.07) is 8.43. The molecule has 0 radical (unpaired) electrons. The molecule has 10 nitrogen and oxygen atoms in total. The Morgan fingerprint density at radius 2 is 2.05 bits per heavy atom. The first kappa shape index (κ1) is 27.7. The number of hydrogen-bond acceptors (Lipinski definition) is 7. The summed E-state index contributed by atoms with van der Waals surface area (Å²) in [4.78, 5) is 29.6. The van der Waals surface area contributed by atoms with Gasteiger partial charge < -0.3 is 19.4 Å². The van der Waals surface area contributed by atoms with E-state index in [0.717, 1.165) is 77.8 Å². The Morgan fingerprint density at radius 3 is 2.81 bits per heavy atom. The van der Waals surface area contributed by atoms with Crippen LogP contribution in [0.15, 0.2) is 36.9 Å². The van der Waals surface area contributed by atoms with Gasteiger partial charge in [-0.25, -0.2) is 19.3 Å². The number of H-pyrrole nitrogens is 1. The molecule has 2 atom stereocenters. The van der Waals surface area contributed by atoms with Crippen LogP contribution in [0.1, 0.15) is 49.6 Å². The molecule has 2 fully saturated rings. The van der Waals surface area contributed by atoms with Crippen LogP contribution in [-0.2, 0) is 6.54 Å². The zero-order valence-electron chi connectivity index (χ0n) is 24.3. The second-order valence-corrected chi connectivity index (χ2v) is 12.1. The van der Waals surface area contributed by atoms with Crippen LogP contribution in [0, 0.1) is 24.2 Å². The van der Waals surface area contributed by atoms with E-state index >= 15 is 0 Å². The third-order valence-electron chi connectivity index (χ3n) is 9.17. The summed E-state index contributed by atoms with van der Waals surface area (Å²) in [5.74, 6) is 2.04. The average Bonchev–Trinajstić information content (AvgIpc) is 3.69. The number of carbonyl (C=O) groups is 1. The number of imidazole rings is 2. The minimum atomic E-state index is -0.133. The number of benzene rings is 2. The monoisotopic (exact) mass is 599 g/mol. The number of fused-ring (bicyclic) bond motifs is 4. The number of nitriles is 1. The Labute approximate surface area is 255 Å². The van der Waals surface area contributed by atoms with E-state index in [0.29, 0.717) is 36.4 Å². The first-order chi connectivity index (χ1) is 21.0. The molecule has 0 spiro atoms. The lowest BCUT2D eigenvalue weighted by molar-refractivity contribution is 0.0986. The Hall–Kier alpha value is -4.07. The number of aromatic amines is 1. The molecule has 11 heteroatoms. The highest BCUT2D eigenvalue weighted by molar-refractivity contribution is 6.36. The SMILES string of the molecule is CCOc1cc2c(c(Cl)c1-c1c(C)ccc3[nH]cnc13)OCCN(CC1CC3CCC(C1)N3C(=O)n1ccnc1C#N)C2. The first-order valence-corrected chi connectivity index (χ1v) is 15.4. The van der Waals surface area contributed by atoms with Gasteiger partial charge in [0.2, 0.25) is 5.82 Å². The van der Waals surface area contributed by atoms with Crippen molar-refractivity contribution in [1.29, 1.82) is 5.26 Å². The highest BCUT2D eigenvalue weighted by Crippen LogP contribution is 2.48. The van der Waals surface area contributed by atoms with Crippen molar-refractivity contribution in [3.05, 3.63) is 58.9 Å². The van der Waals surface area contributed by atoms with Crippen molar-refractivity contribution in [2.45, 2.75) is 58.2 Å². The van der Waals surface area contributed by atoms with E-state index in [2.05, 4.69) is 38.9 Å². The minimum absolute atomic E-state index is 0.133. The predicted octanol–water partition coefficient (Wildman–Crippen LogP) is 5.76. The summed E-state index contributed by atoms with van der Waals surface area (Å²) in [5.41, 5.74) is 5.65. The van der Waals surface area contributed by atoms with E-state index in [1.54, 1.807) is 12.5 Å². The molecular weight excluding hydrogens is 566 g/mol. The number of nitrogens with one attached hydrogen (secondary N) is 1. The highest BCUT2D eigenvalue weighted by Gasteiger charge is 2.44. The molecule has 3 aliphatic rings. The van der Waals surface area contributed by atoms with E-state index in [9.17, 15) is 10.1 Å². The van der Waals surface area contributed by atoms with Gasteiger partial charge in [0.25, 0.3) is 0 Å². The molecule has 0 saturated carbocycles. The Balaban J connectivity index is 1.13. The Bertz CT molecular complexity index is 1730. The molecule has 7 rings (SSSR count). The maximum absolute atomic E-state index is 13.3. The fourth-order valence-electron chi connectivity index (χ4n) is 7.39. The Morgan fingerprint density at radius 1 is 1.23 bits per heavy atom. The van der Waals surface area contributed by atoms with Crippen molar-refractivity contribution < 1.29 is 14.3 Å². The van der Waals surface area contributed by atoms with Gasteiger partial charge in [0, 0.05) is 60.8 Å². The van der Waals surface area contributed by atoms with Crippen molar-refractivity contribution in [1.82, 2.24) is 29.3 Å². The summed E-state index contributed by atoms with van der Waals surface area (Å²) in [6.07, 6.45) is 8.68. The topological polar surface area (TPSA) is 112 Å². The molecule has 1 amide bonds. The van der Waals surface area contributed by atoms with E-state index in [1.165, 1.54) is 10.8 Å². The van der Waals surface area contributed by atoms with Crippen LogP contribution in [0.5, 0.6) is 11.5 Å². The molecule has 3 aliphatic heterocycles. The van der Waals surface area contributed by atoms with E-state index in [1.807, 2.05) is 24.0 Å². The van der Waals surface area contributed by atoms with Crippen molar-refractivity contribution >= 4 is 28.7 Å². The number of ether oxygens (including phenoxy) is 2. The zero-order valence-corrected chi connectivity index (χ0v) is 25.1. The number of nitrogens with zero attached hydrogens (tertiary/aromatic N) is 6. The average molecular weight is 600 g/mol. The summed E-state index contributed by atoms with van der Waals surface area (Å²) < 4.78 is 13.9. The predicted molar refractivity (Wildman–Crippen MR) is 162 cm³/mol. The number of amides is 1. The zero-order chi connectivity index (χ0) is 29.7. The van der Waals surface area contributed by atoms with E-state index in [-0.39, 0.29) is 23.9 Å². The molecule has 2 aromatic heterocycles. The standard InChI is InChI=1S/C32H34ClN7O3/c1-3-42-25-14-21-17-38(10-11-43-31(21)29(33)28(25)27-19(2)4-7-24-30(27)37-18-36-24)16-20-12-22-5-6-23(13-20)40(22)32(41)39-9-8-35-26(39)15-34/h4,7-9,14,18,20,22-23H,3,5-6,10-13,16-17H2,1-2H3,(H,36,37). The second-order valence-electron chi connectivity index (χ2n) is 11.8. The first-order valence-electron chi connectivity index (χ1n) is 15.0. The molecular formula is C32H34ClN7O3. The molecule has 2 saturated heterocycles. The molecule has 2 aromatic carbocycles. The number of carbonyl (C=O) groups excluding carboxylic acids is 1. The maximum atomic E-state index is 13.3.